The molecule has 0 aliphatic rings. The molecule has 31 heavy (non-hydrogen) atoms. The van der Waals surface area contributed by atoms with Crippen LogP contribution in [0.4, 0.5) is 0 Å². The third-order valence-corrected chi connectivity index (χ3v) is 4.54. The van der Waals surface area contributed by atoms with Gasteiger partial charge in [-0.2, -0.15) is 5.26 Å². The number of ether oxygens (including phenoxy) is 4. The number of nitriles is 1. The quantitative estimate of drug-likeness (QED) is 0.234. The van der Waals surface area contributed by atoms with Gasteiger partial charge < -0.3 is 18.9 Å². The number of carbonyl (C=O) groups excluding carboxylic acids is 1. The van der Waals surface area contributed by atoms with Crippen molar-refractivity contribution >= 4 is 17.6 Å². The van der Waals surface area contributed by atoms with Crippen LogP contribution in [0.2, 0.25) is 0 Å². The zero-order valence-corrected chi connectivity index (χ0v) is 17.4. The predicted octanol–water partition coefficient (Wildman–Crippen LogP) is 5.00. The van der Waals surface area contributed by atoms with Gasteiger partial charge in [-0.05, 0) is 41.5 Å². The number of carbonyl (C=O) groups is 1. The van der Waals surface area contributed by atoms with Crippen molar-refractivity contribution < 1.29 is 23.7 Å². The summed E-state index contributed by atoms with van der Waals surface area (Å²) in [4.78, 5) is 12.8. The Labute approximate surface area is 180 Å². The summed E-state index contributed by atoms with van der Waals surface area (Å²) in [5, 5.41) is 9.52. The molecular formula is C25H21NO5. The number of methoxy groups -OCH3 is 3. The summed E-state index contributed by atoms with van der Waals surface area (Å²) >= 11 is 0. The molecule has 3 aromatic rings. The number of benzene rings is 3. The molecule has 0 N–H and O–H groups in total. The van der Waals surface area contributed by atoms with Crippen molar-refractivity contribution in [1.29, 1.82) is 5.26 Å². The Morgan fingerprint density at radius 2 is 1.45 bits per heavy atom. The summed E-state index contributed by atoms with van der Waals surface area (Å²) in [6, 6.07) is 21.6. The Bertz CT molecular complexity index is 1120. The number of rotatable bonds is 7. The molecule has 0 amide bonds. The van der Waals surface area contributed by atoms with E-state index in [0.29, 0.717) is 22.8 Å². The molecule has 0 atom stereocenters. The van der Waals surface area contributed by atoms with Crippen molar-refractivity contribution in [3.63, 3.8) is 0 Å². The zero-order valence-electron chi connectivity index (χ0n) is 17.4. The maximum absolute atomic E-state index is 12.8. The second-order valence-corrected chi connectivity index (χ2v) is 6.37. The van der Waals surface area contributed by atoms with Gasteiger partial charge in [-0.15, -0.1) is 0 Å². The summed E-state index contributed by atoms with van der Waals surface area (Å²) in [6.07, 6.45) is 1.74. The van der Waals surface area contributed by atoms with Crippen molar-refractivity contribution in [1.82, 2.24) is 0 Å². The molecule has 6 nitrogen and oxygen atoms in total. The highest BCUT2D eigenvalue weighted by molar-refractivity contribution is 5.97. The molecule has 6 heteroatoms. The minimum absolute atomic E-state index is 0.175. The van der Waals surface area contributed by atoms with Gasteiger partial charge in [-0.3, -0.25) is 0 Å². The van der Waals surface area contributed by atoms with Crippen molar-refractivity contribution in [2.45, 2.75) is 0 Å². The minimum atomic E-state index is -0.641. The summed E-state index contributed by atoms with van der Waals surface area (Å²) in [7, 11) is 4.41. The fourth-order valence-corrected chi connectivity index (χ4v) is 3.03. The molecule has 0 heterocycles. The van der Waals surface area contributed by atoms with Crippen LogP contribution in [0, 0.1) is 11.3 Å². The average molecular weight is 415 g/mol. The van der Waals surface area contributed by atoms with E-state index in [1.165, 1.54) is 21.3 Å². The molecule has 0 aliphatic carbocycles. The van der Waals surface area contributed by atoms with Gasteiger partial charge in [0.2, 0.25) is 0 Å². The van der Waals surface area contributed by atoms with Crippen LogP contribution in [-0.2, 0) is 0 Å². The van der Waals surface area contributed by atoms with E-state index < -0.39 is 5.97 Å². The van der Waals surface area contributed by atoms with Gasteiger partial charge in [0.25, 0.3) is 0 Å². The fourth-order valence-electron chi connectivity index (χ4n) is 3.03. The monoisotopic (exact) mass is 415 g/mol. The van der Waals surface area contributed by atoms with Crippen LogP contribution >= 0.6 is 0 Å². The van der Waals surface area contributed by atoms with Crippen LogP contribution in [0.3, 0.4) is 0 Å². The molecule has 0 bridgehead atoms. The number of esters is 1. The van der Waals surface area contributed by atoms with Crippen LogP contribution in [0.15, 0.2) is 66.7 Å². The Morgan fingerprint density at radius 1 is 0.806 bits per heavy atom. The second kappa shape index (κ2) is 9.99. The smallest absolute Gasteiger partial charge is 0.351 e. The molecule has 0 aromatic heterocycles. The van der Waals surface area contributed by atoms with Crippen molar-refractivity contribution in [2.75, 3.05) is 21.3 Å². The predicted molar refractivity (Wildman–Crippen MR) is 117 cm³/mol. The normalized spacial score (nSPS) is 10.7. The molecule has 0 fully saturated rings. The SMILES string of the molecule is COc1cc(/C=C(\C#N)c2ccccc2)ccc1OC(=O)c1c(OC)cccc1OC. The van der Waals surface area contributed by atoms with E-state index in [1.54, 1.807) is 42.5 Å². The third-order valence-electron chi connectivity index (χ3n) is 4.54. The fraction of sp³-hybridized carbons (Fsp3) is 0.120. The molecule has 0 radical (unpaired) electrons. The Morgan fingerprint density at radius 3 is 2.03 bits per heavy atom. The summed E-state index contributed by atoms with van der Waals surface area (Å²) < 4.78 is 21.5. The topological polar surface area (TPSA) is 77.8 Å². The molecule has 0 spiro atoms. The van der Waals surface area contributed by atoms with E-state index in [1.807, 2.05) is 30.3 Å². The van der Waals surface area contributed by atoms with Crippen LogP contribution in [0.25, 0.3) is 11.6 Å². The van der Waals surface area contributed by atoms with Crippen LogP contribution in [0.5, 0.6) is 23.0 Å². The van der Waals surface area contributed by atoms with Gasteiger partial charge in [0, 0.05) is 0 Å². The molecule has 0 saturated heterocycles. The largest absolute Gasteiger partial charge is 0.496 e. The van der Waals surface area contributed by atoms with Gasteiger partial charge in [-0.1, -0.05) is 42.5 Å². The molecule has 3 aromatic carbocycles. The number of hydrogen-bond donors (Lipinski definition) is 0. The van der Waals surface area contributed by atoms with Crippen LogP contribution < -0.4 is 18.9 Å². The second-order valence-electron chi connectivity index (χ2n) is 6.37. The standard InChI is InChI=1S/C25H21NO5/c1-28-21-10-7-11-22(29-2)24(21)25(27)31-20-13-12-17(15-23(20)30-3)14-19(16-26)18-8-5-4-6-9-18/h4-15H,1-3H3/b19-14+. The summed E-state index contributed by atoms with van der Waals surface area (Å²) in [5.41, 5.74) is 2.22. The maximum atomic E-state index is 12.8. The van der Waals surface area contributed by atoms with Gasteiger partial charge >= 0.3 is 5.97 Å². The van der Waals surface area contributed by atoms with Crippen LogP contribution in [0.1, 0.15) is 21.5 Å². The van der Waals surface area contributed by atoms with Gasteiger partial charge in [0.1, 0.15) is 17.1 Å². The molecular weight excluding hydrogens is 394 g/mol. The molecule has 3 rings (SSSR count). The Balaban J connectivity index is 1.92. The first kappa shape index (κ1) is 21.5. The highest BCUT2D eigenvalue weighted by Gasteiger charge is 2.21. The average Bonchev–Trinajstić information content (AvgIpc) is 2.83. The van der Waals surface area contributed by atoms with E-state index in [-0.39, 0.29) is 11.3 Å². The summed E-state index contributed by atoms with van der Waals surface area (Å²) in [5.74, 6) is 0.615. The molecule has 0 saturated carbocycles. The first-order chi connectivity index (χ1) is 15.1. The van der Waals surface area contributed by atoms with Crippen molar-refractivity contribution in [3.05, 3.63) is 83.4 Å². The lowest BCUT2D eigenvalue weighted by Crippen LogP contribution is -2.12. The lowest BCUT2D eigenvalue weighted by atomic mass is 10.0. The van der Waals surface area contributed by atoms with Gasteiger partial charge in [-0.25, -0.2) is 4.79 Å². The highest BCUT2D eigenvalue weighted by Crippen LogP contribution is 2.33. The highest BCUT2D eigenvalue weighted by atomic mass is 16.6. The van der Waals surface area contributed by atoms with Crippen molar-refractivity contribution in [2.24, 2.45) is 0 Å². The minimum Gasteiger partial charge on any atom is -0.496 e. The summed E-state index contributed by atoms with van der Waals surface area (Å²) in [6.45, 7) is 0. The Kier molecular flexibility index (Phi) is 6.92. The van der Waals surface area contributed by atoms with E-state index in [9.17, 15) is 10.1 Å². The third kappa shape index (κ3) is 4.85. The van der Waals surface area contributed by atoms with E-state index >= 15 is 0 Å². The van der Waals surface area contributed by atoms with E-state index in [0.717, 1.165) is 11.1 Å². The lowest BCUT2D eigenvalue weighted by molar-refractivity contribution is 0.0722. The first-order valence-electron chi connectivity index (χ1n) is 9.39. The Hall–Kier alpha value is -4.24. The zero-order chi connectivity index (χ0) is 22.2. The van der Waals surface area contributed by atoms with E-state index in [4.69, 9.17) is 18.9 Å². The molecule has 0 unspecified atom stereocenters. The molecule has 156 valence electrons. The lowest BCUT2D eigenvalue weighted by Gasteiger charge is -2.14. The van der Waals surface area contributed by atoms with Crippen LogP contribution in [-0.4, -0.2) is 27.3 Å². The number of hydrogen-bond acceptors (Lipinski definition) is 6. The van der Waals surface area contributed by atoms with E-state index in [2.05, 4.69) is 6.07 Å². The first-order valence-corrected chi connectivity index (χ1v) is 9.39. The number of nitrogens with zero attached hydrogens (tertiary/aromatic N) is 1. The molecule has 0 aliphatic heterocycles. The number of allylic oxidation sites excluding steroid dienone is 1. The van der Waals surface area contributed by atoms with Gasteiger partial charge in [0.15, 0.2) is 11.5 Å². The van der Waals surface area contributed by atoms with Gasteiger partial charge in [0.05, 0.1) is 33.0 Å². The van der Waals surface area contributed by atoms with Crippen molar-refractivity contribution in [3.8, 4) is 29.1 Å². The maximum Gasteiger partial charge on any atom is 0.351 e.